The molecule has 0 spiro atoms. The molecule has 3 heterocycles. The van der Waals surface area contributed by atoms with Gasteiger partial charge in [0.05, 0.1) is 16.7 Å². The molecular weight excluding hydrogens is 332 g/mol. The Morgan fingerprint density at radius 3 is 2.96 bits per heavy atom. The zero-order valence-corrected chi connectivity index (χ0v) is 14.1. The molecule has 0 aromatic heterocycles. The van der Waals surface area contributed by atoms with Crippen LogP contribution in [-0.2, 0) is 26.0 Å². The van der Waals surface area contributed by atoms with Gasteiger partial charge in [-0.3, -0.25) is 4.79 Å². The maximum Gasteiger partial charge on any atom is 0.265 e. The number of nitrogens with one attached hydrogen (secondary N) is 1. The van der Waals surface area contributed by atoms with Crippen LogP contribution < -0.4 is 14.4 Å². The predicted molar refractivity (Wildman–Crippen MR) is 86.8 cm³/mol. The molecule has 130 valence electrons. The summed E-state index contributed by atoms with van der Waals surface area (Å²) in [4.78, 5) is 13.9. The molecule has 1 saturated heterocycles. The van der Waals surface area contributed by atoms with Crippen molar-refractivity contribution in [2.75, 3.05) is 31.2 Å². The van der Waals surface area contributed by atoms with Crippen LogP contribution in [0.5, 0.6) is 5.75 Å². The van der Waals surface area contributed by atoms with Gasteiger partial charge in [-0.05, 0) is 43.4 Å². The molecule has 1 atom stereocenters. The molecule has 0 radical (unpaired) electrons. The molecular formula is C16H20N2O5S. The van der Waals surface area contributed by atoms with Crippen LogP contribution in [0.15, 0.2) is 17.0 Å². The average Bonchev–Trinajstić information content (AvgIpc) is 3.10. The number of hydrogen-bond acceptors (Lipinski definition) is 5. The molecule has 24 heavy (non-hydrogen) atoms. The summed E-state index contributed by atoms with van der Waals surface area (Å²) in [5.74, 6) is 0.465. The number of carbonyl (C=O) groups is 1. The molecule has 1 fully saturated rings. The lowest BCUT2D eigenvalue weighted by Crippen LogP contribution is -2.43. The van der Waals surface area contributed by atoms with E-state index < -0.39 is 10.0 Å². The van der Waals surface area contributed by atoms with Crippen LogP contribution in [0.25, 0.3) is 0 Å². The van der Waals surface area contributed by atoms with Crippen molar-refractivity contribution in [3.05, 3.63) is 17.7 Å². The lowest BCUT2D eigenvalue weighted by Gasteiger charge is -2.35. The molecule has 3 aliphatic heterocycles. The third-order valence-electron chi connectivity index (χ3n) is 4.75. The molecule has 8 heteroatoms. The van der Waals surface area contributed by atoms with Gasteiger partial charge in [0.25, 0.3) is 5.91 Å². The van der Waals surface area contributed by atoms with E-state index in [-0.39, 0.29) is 30.1 Å². The minimum Gasteiger partial charge on any atom is -0.482 e. The second kappa shape index (κ2) is 6.02. The Morgan fingerprint density at radius 1 is 1.29 bits per heavy atom. The highest BCUT2D eigenvalue weighted by molar-refractivity contribution is 7.89. The summed E-state index contributed by atoms with van der Waals surface area (Å²) < 4.78 is 39.1. The summed E-state index contributed by atoms with van der Waals surface area (Å²) in [6.45, 7) is 1.58. The first-order valence-electron chi connectivity index (χ1n) is 8.26. The smallest absolute Gasteiger partial charge is 0.265 e. The number of sulfonamides is 1. The maximum atomic E-state index is 12.8. The Morgan fingerprint density at radius 2 is 2.17 bits per heavy atom. The van der Waals surface area contributed by atoms with Crippen LogP contribution in [0.2, 0.25) is 0 Å². The second-order valence-corrected chi connectivity index (χ2v) is 8.05. The van der Waals surface area contributed by atoms with Gasteiger partial charge in [-0.2, -0.15) is 0 Å². The molecule has 1 aromatic rings. The van der Waals surface area contributed by atoms with Gasteiger partial charge >= 0.3 is 0 Å². The molecule has 1 N–H and O–H groups in total. The first kappa shape index (κ1) is 15.9. The van der Waals surface area contributed by atoms with E-state index in [9.17, 15) is 13.2 Å². The van der Waals surface area contributed by atoms with Crippen LogP contribution >= 0.6 is 0 Å². The fraction of sp³-hybridized carbons (Fsp3) is 0.562. The van der Waals surface area contributed by atoms with E-state index in [1.165, 1.54) is 0 Å². The second-order valence-electron chi connectivity index (χ2n) is 6.31. The third kappa shape index (κ3) is 2.68. The highest BCUT2D eigenvalue weighted by Crippen LogP contribution is 2.42. The number of rotatable bonds is 4. The lowest BCUT2D eigenvalue weighted by atomic mass is 10.00. The van der Waals surface area contributed by atoms with Gasteiger partial charge in [0, 0.05) is 19.7 Å². The molecule has 0 saturated carbocycles. The monoisotopic (exact) mass is 352 g/mol. The Balaban J connectivity index is 1.67. The Hall–Kier alpha value is -1.64. The summed E-state index contributed by atoms with van der Waals surface area (Å²) in [6, 6.07) is 3.22. The van der Waals surface area contributed by atoms with E-state index >= 15 is 0 Å². The van der Waals surface area contributed by atoms with Gasteiger partial charge in [-0.1, -0.05) is 0 Å². The minimum atomic E-state index is -3.65. The van der Waals surface area contributed by atoms with Crippen LogP contribution in [0, 0.1) is 0 Å². The van der Waals surface area contributed by atoms with Crippen molar-refractivity contribution in [1.82, 2.24) is 4.72 Å². The van der Waals surface area contributed by atoms with Crippen LogP contribution in [0.3, 0.4) is 0 Å². The van der Waals surface area contributed by atoms with Crippen LogP contribution in [0.4, 0.5) is 5.69 Å². The minimum absolute atomic E-state index is 0.00973. The largest absolute Gasteiger partial charge is 0.482 e. The zero-order valence-electron chi connectivity index (χ0n) is 13.3. The van der Waals surface area contributed by atoms with Gasteiger partial charge in [0.1, 0.15) is 5.75 Å². The van der Waals surface area contributed by atoms with E-state index in [0.29, 0.717) is 36.6 Å². The Kier molecular flexibility index (Phi) is 3.98. The maximum absolute atomic E-state index is 12.8. The third-order valence-corrected chi connectivity index (χ3v) is 6.26. The standard InChI is InChI=1S/C16H20N2O5S/c19-15-10-23-13-5-6-14(12-4-1-7-18(15)16(12)13)24(20,21)17-9-11-3-2-8-22-11/h5-6,11,17H,1-4,7-10H2. The molecule has 1 unspecified atom stereocenters. The summed E-state index contributed by atoms with van der Waals surface area (Å²) in [7, 11) is -3.65. The normalized spacial score (nSPS) is 23.1. The highest BCUT2D eigenvalue weighted by atomic mass is 32.2. The number of nitrogens with zero attached hydrogens (tertiary/aromatic N) is 1. The van der Waals surface area contributed by atoms with Gasteiger partial charge in [-0.25, -0.2) is 13.1 Å². The predicted octanol–water partition coefficient (Wildman–Crippen LogP) is 0.815. The van der Waals surface area contributed by atoms with Gasteiger partial charge in [-0.15, -0.1) is 0 Å². The van der Waals surface area contributed by atoms with Gasteiger partial charge in [0.15, 0.2) is 6.61 Å². The van der Waals surface area contributed by atoms with Crippen LogP contribution in [-0.4, -0.2) is 46.7 Å². The number of anilines is 1. The summed E-state index contributed by atoms with van der Waals surface area (Å²) >= 11 is 0. The van der Waals surface area contributed by atoms with Gasteiger partial charge < -0.3 is 14.4 Å². The molecule has 0 bridgehead atoms. The molecule has 3 aliphatic rings. The summed E-state index contributed by atoms with van der Waals surface area (Å²) in [5.41, 5.74) is 1.30. The number of benzene rings is 1. The first-order valence-corrected chi connectivity index (χ1v) is 9.75. The first-order chi connectivity index (χ1) is 11.6. The fourth-order valence-corrected chi connectivity index (χ4v) is 4.91. The molecule has 1 amide bonds. The topological polar surface area (TPSA) is 84.9 Å². The highest BCUT2D eigenvalue weighted by Gasteiger charge is 2.34. The fourth-order valence-electron chi connectivity index (χ4n) is 3.58. The van der Waals surface area contributed by atoms with E-state index in [1.807, 2.05) is 0 Å². The quantitative estimate of drug-likeness (QED) is 0.867. The van der Waals surface area contributed by atoms with Crippen LogP contribution in [0.1, 0.15) is 24.8 Å². The van der Waals surface area contributed by atoms with Crippen molar-refractivity contribution in [2.24, 2.45) is 0 Å². The van der Waals surface area contributed by atoms with Crippen molar-refractivity contribution >= 4 is 21.6 Å². The number of hydrogen-bond donors (Lipinski definition) is 1. The van der Waals surface area contributed by atoms with E-state index in [4.69, 9.17) is 9.47 Å². The van der Waals surface area contributed by atoms with E-state index in [0.717, 1.165) is 19.3 Å². The van der Waals surface area contributed by atoms with Crippen molar-refractivity contribution in [3.8, 4) is 5.75 Å². The average molecular weight is 352 g/mol. The van der Waals surface area contributed by atoms with Gasteiger partial charge in [0.2, 0.25) is 10.0 Å². The summed E-state index contributed by atoms with van der Waals surface area (Å²) in [5, 5.41) is 0. The SMILES string of the molecule is O=C1COc2ccc(S(=O)(=O)NCC3CCCO3)c3c2N1CCC3. The Bertz CT molecular complexity index is 771. The zero-order chi connectivity index (χ0) is 16.7. The van der Waals surface area contributed by atoms with E-state index in [2.05, 4.69) is 4.72 Å². The van der Waals surface area contributed by atoms with E-state index in [1.54, 1.807) is 17.0 Å². The Labute approximate surface area is 141 Å². The van der Waals surface area contributed by atoms with Crippen molar-refractivity contribution in [3.63, 3.8) is 0 Å². The molecule has 4 rings (SSSR count). The van der Waals surface area contributed by atoms with Crippen molar-refractivity contribution in [2.45, 2.75) is 36.7 Å². The molecule has 0 aliphatic carbocycles. The number of amides is 1. The van der Waals surface area contributed by atoms with Crippen molar-refractivity contribution in [1.29, 1.82) is 0 Å². The molecule has 7 nitrogen and oxygen atoms in total. The molecule has 1 aromatic carbocycles. The van der Waals surface area contributed by atoms with Crippen molar-refractivity contribution < 1.29 is 22.7 Å². The number of carbonyl (C=O) groups excluding carboxylic acids is 1. The summed E-state index contributed by atoms with van der Waals surface area (Å²) in [6.07, 6.45) is 3.14. The number of ether oxygens (including phenoxy) is 2. The lowest BCUT2D eigenvalue weighted by molar-refractivity contribution is -0.121.